The van der Waals surface area contributed by atoms with Crippen molar-refractivity contribution in [2.24, 2.45) is 0 Å². The summed E-state index contributed by atoms with van der Waals surface area (Å²) in [5.41, 5.74) is 0. The van der Waals surface area contributed by atoms with Crippen LogP contribution in [0.1, 0.15) is 322 Å². The quantitative estimate of drug-likeness (QED) is 0.0453. The topological polar surface area (TPSA) is 52.6 Å². The molecule has 0 aliphatic heterocycles. The fourth-order valence-corrected chi connectivity index (χ4v) is 8.48. The molecule has 0 fully saturated rings. The summed E-state index contributed by atoms with van der Waals surface area (Å²) in [7, 11) is 0. The zero-order valence-electron chi connectivity index (χ0n) is 40.0. The first-order valence-electron chi connectivity index (χ1n) is 27.0. The first kappa shape index (κ1) is 56.9. The van der Waals surface area contributed by atoms with Crippen molar-refractivity contribution in [2.75, 3.05) is 13.2 Å². The van der Waals surface area contributed by atoms with Gasteiger partial charge in [0.25, 0.3) is 0 Å². The Bertz CT molecular complexity index is 717. The Hall–Kier alpha value is -1.06. The second-order valence-corrected chi connectivity index (χ2v) is 18.5. The summed E-state index contributed by atoms with van der Waals surface area (Å²) < 4.78 is 11.0. The lowest BCUT2D eigenvalue weighted by atomic mass is 10.0. The molecule has 0 aromatic heterocycles. The molecule has 0 saturated carbocycles. The molecular weight excluding hydrogens is 713 g/mol. The summed E-state index contributed by atoms with van der Waals surface area (Å²) >= 11 is 0. The van der Waals surface area contributed by atoms with Gasteiger partial charge in [-0.1, -0.05) is 284 Å². The molecule has 4 nitrogen and oxygen atoms in total. The molecule has 0 bridgehead atoms. The van der Waals surface area contributed by atoms with Gasteiger partial charge in [0.05, 0.1) is 13.2 Å². The van der Waals surface area contributed by atoms with Crippen LogP contribution >= 0.6 is 0 Å². The Labute approximate surface area is 365 Å². The number of carbonyl (C=O) groups is 2. The average molecular weight is 819 g/mol. The van der Waals surface area contributed by atoms with Gasteiger partial charge in [0.15, 0.2) is 0 Å². The Balaban J connectivity index is 3.19. The van der Waals surface area contributed by atoms with Gasteiger partial charge in [-0.15, -0.1) is 0 Å². The molecule has 346 valence electrons. The van der Waals surface area contributed by atoms with Gasteiger partial charge >= 0.3 is 11.9 Å². The van der Waals surface area contributed by atoms with Crippen molar-refractivity contribution in [1.29, 1.82) is 0 Å². The van der Waals surface area contributed by atoms with Crippen molar-refractivity contribution >= 4 is 11.9 Å². The van der Waals surface area contributed by atoms with E-state index in [4.69, 9.17) is 9.47 Å². The van der Waals surface area contributed by atoms with Gasteiger partial charge in [-0.3, -0.25) is 9.59 Å². The fraction of sp³-hybridized carbons (Fsp3) is 0.963. The lowest BCUT2D eigenvalue weighted by Gasteiger charge is -2.06. The van der Waals surface area contributed by atoms with Gasteiger partial charge < -0.3 is 9.47 Å². The summed E-state index contributed by atoms with van der Waals surface area (Å²) in [4.78, 5) is 24.1. The van der Waals surface area contributed by atoms with E-state index in [-0.39, 0.29) is 11.9 Å². The predicted molar refractivity (Wildman–Crippen MR) is 255 cm³/mol. The molecule has 0 N–H and O–H groups in total. The molecule has 0 aromatic carbocycles. The third kappa shape index (κ3) is 51.1. The Kier molecular flexibility index (Phi) is 51.1. The van der Waals surface area contributed by atoms with Crippen molar-refractivity contribution < 1.29 is 19.1 Å². The molecular formula is C54H106O4. The lowest BCUT2D eigenvalue weighted by molar-refractivity contribution is -0.144. The third-order valence-corrected chi connectivity index (χ3v) is 12.5. The fourth-order valence-electron chi connectivity index (χ4n) is 8.48. The molecule has 0 atom stereocenters. The van der Waals surface area contributed by atoms with E-state index < -0.39 is 0 Å². The van der Waals surface area contributed by atoms with E-state index in [1.807, 2.05) is 0 Å². The summed E-state index contributed by atoms with van der Waals surface area (Å²) in [5, 5.41) is 0. The van der Waals surface area contributed by atoms with E-state index in [1.165, 1.54) is 270 Å². The van der Waals surface area contributed by atoms with Gasteiger partial charge in [-0.05, 0) is 25.7 Å². The van der Waals surface area contributed by atoms with E-state index in [9.17, 15) is 9.59 Å². The molecule has 0 radical (unpaired) electrons. The van der Waals surface area contributed by atoms with E-state index in [0.29, 0.717) is 26.1 Å². The normalized spacial score (nSPS) is 11.4. The van der Waals surface area contributed by atoms with Crippen molar-refractivity contribution in [3.63, 3.8) is 0 Å². The van der Waals surface area contributed by atoms with Crippen LogP contribution in [0.4, 0.5) is 0 Å². The molecule has 0 aliphatic carbocycles. The smallest absolute Gasteiger partial charge is 0.305 e. The second-order valence-electron chi connectivity index (χ2n) is 18.5. The summed E-state index contributed by atoms with van der Waals surface area (Å²) in [6, 6.07) is 0. The van der Waals surface area contributed by atoms with Gasteiger partial charge in [0.2, 0.25) is 0 Å². The van der Waals surface area contributed by atoms with Crippen molar-refractivity contribution in [3.8, 4) is 0 Å². The first-order valence-corrected chi connectivity index (χ1v) is 27.0. The molecule has 58 heavy (non-hydrogen) atoms. The number of esters is 2. The molecule has 0 aromatic rings. The first-order chi connectivity index (χ1) is 28.7. The van der Waals surface area contributed by atoms with Gasteiger partial charge in [0.1, 0.15) is 0 Å². The summed E-state index contributed by atoms with van der Waals surface area (Å²) in [6.07, 6.45) is 62.5. The zero-order valence-corrected chi connectivity index (χ0v) is 40.0. The van der Waals surface area contributed by atoms with E-state index >= 15 is 0 Å². The SMILES string of the molecule is CCCCCCCCCCCCCCCCCC(=O)OCCCCCCCCCCCCCCCCCCOC(=O)CCCCCCCCCCCCCCCCC. The van der Waals surface area contributed by atoms with Crippen LogP contribution in [0.5, 0.6) is 0 Å². The predicted octanol–water partition coefficient (Wildman–Crippen LogP) is 18.8. The zero-order chi connectivity index (χ0) is 41.9. The van der Waals surface area contributed by atoms with Crippen LogP contribution in [0.15, 0.2) is 0 Å². The summed E-state index contributed by atoms with van der Waals surface area (Å²) in [6.45, 7) is 5.81. The van der Waals surface area contributed by atoms with E-state index in [0.717, 1.165) is 25.7 Å². The van der Waals surface area contributed by atoms with E-state index in [2.05, 4.69) is 13.8 Å². The maximum Gasteiger partial charge on any atom is 0.305 e. The lowest BCUT2D eigenvalue weighted by Crippen LogP contribution is -2.05. The third-order valence-electron chi connectivity index (χ3n) is 12.5. The van der Waals surface area contributed by atoms with Crippen LogP contribution in [0.25, 0.3) is 0 Å². The Morgan fingerprint density at radius 3 is 0.569 bits per heavy atom. The molecule has 0 heterocycles. The van der Waals surface area contributed by atoms with Crippen LogP contribution in [-0.4, -0.2) is 25.2 Å². The van der Waals surface area contributed by atoms with Crippen LogP contribution in [-0.2, 0) is 19.1 Å². The van der Waals surface area contributed by atoms with Crippen LogP contribution in [0.3, 0.4) is 0 Å². The molecule has 0 spiro atoms. The Morgan fingerprint density at radius 2 is 0.379 bits per heavy atom. The van der Waals surface area contributed by atoms with E-state index in [1.54, 1.807) is 0 Å². The number of hydrogen-bond donors (Lipinski definition) is 0. The van der Waals surface area contributed by atoms with Crippen LogP contribution < -0.4 is 0 Å². The summed E-state index contributed by atoms with van der Waals surface area (Å²) in [5.74, 6) is 0.0365. The maximum atomic E-state index is 12.0. The van der Waals surface area contributed by atoms with Crippen LogP contribution in [0.2, 0.25) is 0 Å². The molecule has 0 saturated heterocycles. The maximum absolute atomic E-state index is 12.0. The van der Waals surface area contributed by atoms with Crippen molar-refractivity contribution in [1.82, 2.24) is 0 Å². The highest BCUT2D eigenvalue weighted by Gasteiger charge is 2.04. The minimum Gasteiger partial charge on any atom is -0.466 e. The standard InChI is InChI=1S/C54H106O4/c1-3-5-7-9-11-13-15-17-21-25-29-33-37-41-45-49-53(55)57-51-47-43-39-35-31-27-23-19-20-24-28-32-36-40-44-48-52-58-54(56)50-46-42-38-34-30-26-22-18-16-14-12-10-8-6-4-2/h3-52H2,1-2H3. The molecule has 0 unspecified atom stereocenters. The second kappa shape index (κ2) is 52.1. The average Bonchev–Trinajstić information content (AvgIpc) is 3.22. The number of carbonyl (C=O) groups excluding carboxylic acids is 2. The highest BCUT2D eigenvalue weighted by molar-refractivity contribution is 5.69. The van der Waals surface area contributed by atoms with Gasteiger partial charge in [-0.25, -0.2) is 0 Å². The monoisotopic (exact) mass is 819 g/mol. The minimum atomic E-state index is 0.0183. The molecule has 0 amide bonds. The van der Waals surface area contributed by atoms with Gasteiger partial charge in [0, 0.05) is 12.8 Å². The highest BCUT2D eigenvalue weighted by atomic mass is 16.5. The number of ether oxygens (including phenoxy) is 2. The largest absolute Gasteiger partial charge is 0.466 e. The number of rotatable bonds is 51. The molecule has 0 aliphatic rings. The number of hydrogen-bond acceptors (Lipinski definition) is 4. The Morgan fingerprint density at radius 1 is 0.224 bits per heavy atom. The highest BCUT2D eigenvalue weighted by Crippen LogP contribution is 2.17. The van der Waals surface area contributed by atoms with Crippen LogP contribution in [0, 0.1) is 0 Å². The van der Waals surface area contributed by atoms with Crippen molar-refractivity contribution in [3.05, 3.63) is 0 Å². The van der Waals surface area contributed by atoms with Gasteiger partial charge in [-0.2, -0.15) is 0 Å². The van der Waals surface area contributed by atoms with Crippen molar-refractivity contribution in [2.45, 2.75) is 322 Å². The molecule has 0 rings (SSSR count). The number of unbranched alkanes of at least 4 members (excludes halogenated alkanes) is 43. The molecule has 4 heteroatoms. The minimum absolute atomic E-state index is 0.0183.